The van der Waals surface area contributed by atoms with Crippen LogP contribution in [-0.4, -0.2) is 23.5 Å². The molecule has 4 nitrogen and oxygen atoms in total. The number of carboxylic acids is 1. The van der Waals surface area contributed by atoms with E-state index in [-0.39, 0.29) is 17.2 Å². The Bertz CT molecular complexity index is 481. The second kappa shape index (κ2) is 5.03. The van der Waals surface area contributed by atoms with Crippen molar-refractivity contribution < 1.29 is 14.7 Å². The van der Waals surface area contributed by atoms with Gasteiger partial charge in [-0.2, -0.15) is 0 Å². The summed E-state index contributed by atoms with van der Waals surface area (Å²) in [5.41, 5.74) is 0.991. The van der Waals surface area contributed by atoms with Gasteiger partial charge >= 0.3 is 5.97 Å². The first kappa shape index (κ1) is 13.6. The molecule has 2 unspecified atom stereocenters. The largest absolute Gasteiger partial charge is 0.481 e. The Morgan fingerprint density at radius 2 is 1.89 bits per heavy atom. The fourth-order valence-corrected chi connectivity index (χ4v) is 2.19. The Morgan fingerprint density at radius 1 is 1.26 bits per heavy atom. The number of carbonyl (C=O) groups is 2. The van der Waals surface area contributed by atoms with Crippen molar-refractivity contribution in [1.82, 2.24) is 5.32 Å². The van der Waals surface area contributed by atoms with Crippen LogP contribution in [0.15, 0.2) is 30.3 Å². The summed E-state index contributed by atoms with van der Waals surface area (Å²) in [7, 11) is 0. The number of carbonyl (C=O) groups excluding carboxylic acids is 1. The van der Waals surface area contributed by atoms with E-state index in [4.69, 9.17) is 5.11 Å². The van der Waals surface area contributed by atoms with Crippen LogP contribution < -0.4 is 5.32 Å². The van der Waals surface area contributed by atoms with Crippen LogP contribution in [0.1, 0.15) is 25.8 Å². The van der Waals surface area contributed by atoms with E-state index in [2.05, 4.69) is 19.2 Å². The van der Waals surface area contributed by atoms with Gasteiger partial charge in [0.05, 0.1) is 11.8 Å². The van der Waals surface area contributed by atoms with Crippen molar-refractivity contribution in [3.05, 3.63) is 35.9 Å². The number of hydrogen-bond donors (Lipinski definition) is 2. The number of amides is 1. The van der Waals surface area contributed by atoms with Crippen molar-refractivity contribution in [2.45, 2.75) is 25.7 Å². The zero-order valence-corrected chi connectivity index (χ0v) is 11.2. The monoisotopic (exact) mass is 261 g/mol. The molecular weight excluding hydrogens is 242 g/mol. The van der Waals surface area contributed by atoms with Gasteiger partial charge in [-0.15, -0.1) is 0 Å². The second-order valence-corrected chi connectivity index (χ2v) is 5.75. The van der Waals surface area contributed by atoms with Gasteiger partial charge in [0.15, 0.2) is 0 Å². The third-order valence-corrected chi connectivity index (χ3v) is 3.70. The van der Waals surface area contributed by atoms with Gasteiger partial charge in [-0.05, 0) is 12.0 Å². The molecule has 0 saturated heterocycles. The summed E-state index contributed by atoms with van der Waals surface area (Å²) >= 11 is 0. The molecule has 1 fully saturated rings. The fourth-order valence-electron chi connectivity index (χ4n) is 2.19. The van der Waals surface area contributed by atoms with Gasteiger partial charge in [0.25, 0.3) is 0 Å². The topological polar surface area (TPSA) is 66.4 Å². The van der Waals surface area contributed by atoms with E-state index in [1.165, 1.54) is 0 Å². The van der Waals surface area contributed by atoms with Gasteiger partial charge in [0.2, 0.25) is 5.91 Å². The van der Waals surface area contributed by atoms with Gasteiger partial charge in [-0.3, -0.25) is 9.59 Å². The Labute approximate surface area is 112 Å². The Kier molecular flexibility index (Phi) is 3.60. The summed E-state index contributed by atoms with van der Waals surface area (Å²) in [6, 6.07) is 9.97. The highest BCUT2D eigenvalue weighted by Crippen LogP contribution is 2.38. The summed E-state index contributed by atoms with van der Waals surface area (Å²) in [6.07, 6.45) is 0.465. The zero-order valence-electron chi connectivity index (χ0n) is 11.2. The molecule has 2 rings (SSSR count). The van der Waals surface area contributed by atoms with Gasteiger partial charge in [-0.1, -0.05) is 44.2 Å². The van der Waals surface area contributed by atoms with Crippen LogP contribution in [0.3, 0.4) is 0 Å². The molecule has 0 aliphatic heterocycles. The molecule has 1 aliphatic rings. The number of aliphatic carboxylic acids is 1. The van der Waals surface area contributed by atoms with Gasteiger partial charge < -0.3 is 10.4 Å². The smallest absolute Gasteiger partial charge is 0.307 e. The normalized spacial score (nSPS) is 21.8. The number of rotatable bonds is 5. The first-order chi connectivity index (χ1) is 8.92. The molecule has 2 N–H and O–H groups in total. The highest BCUT2D eigenvalue weighted by Gasteiger charge is 2.48. The molecular formula is C15H19NO3. The zero-order chi connectivity index (χ0) is 14.0. The number of carboxylic acid groups (broad SMARTS) is 1. The molecule has 4 heteroatoms. The Balaban J connectivity index is 1.89. The van der Waals surface area contributed by atoms with E-state index in [1.54, 1.807) is 0 Å². The summed E-state index contributed by atoms with van der Waals surface area (Å²) in [5, 5.41) is 11.7. The summed E-state index contributed by atoms with van der Waals surface area (Å²) in [4.78, 5) is 22.5. The van der Waals surface area contributed by atoms with Crippen molar-refractivity contribution >= 4 is 11.9 Å². The first-order valence-corrected chi connectivity index (χ1v) is 6.48. The third-order valence-electron chi connectivity index (χ3n) is 3.70. The van der Waals surface area contributed by atoms with Crippen molar-refractivity contribution in [1.29, 1.82) is 0 Å². The van der Waals surface area contributed by atoms with Crippen molar-refractivity contribution in [2.24, 2.45) is 11.8 Å². The van der Waals surface area contributed by atoms with Crippen molar-refractivity contribution in [3.8, 4) is 0 Å². The van der Waals surface area contributed by atoms with Gasteiger partial charge in [-0.25, -0.2) is 0 Å². The van der Waals surface area contributed by atoms with E-state index >= 15 is 0 Å². The maximum absolute atomic E-state index is 11.8. The van der Waals surface area contributed by atoms with E-state index in [9.17, 15) is 9.59 Å². The molecule has 1 saturated carbocycles. The molecule has 0 spiro atoms. The maximum Gasteiger partial charge on any atom is 0.307 e. The van der Waals surface area contributed by atoms with Crippen LogP contribution in [0.5, 0.6) is 0 Å². The van der Waals surface area contributed by atoms with Crippen LogP contribution in [0.4, 0.5) is 0 Å². The molecule has 0 bridgehead atoms. The molecule has 102 valence electrons. The average Bonchev–Trinajstić information content (AvgIpc) is 3.17. The highest BCUT2D eigenvalue weighted by molar-refractivity contribution is 5.89. The van der Waals surface area contributed by atoms with Crippen LogP contribution >= 0.6 is 0 Å². The summed E-state index contributed by atoms with van der Waals surface area (Å²) < 4.78 is 0. The first-order valence-electron chi connectivity index (χ1n) is 6.48. The minimum absolute atomic E-state index is 0.142. The molecule has 0 aromatic heterocycles. The average molecular weight is 261 g/mol. The maximum atomic E-state index is 11.8. The van der Waals surface area contributed by atoms with Gasteiger partial charge in [0.1, 0.15) is 0 Å². The molecule has 0 heterocycles. The quantitative estimate of drug-likeness (QED) is 0.849. The highest BCUT2D eigenvalue weighted by atomic mass is 16.4. The second-order valence-electron chi connectivity index (χ2n) is 5.75. The van der Waals surface area contributed by atoms with Crippen LogP contribution in [-0.2, 0) is 15.0 Å². The lowest BCUT2D eigenvalue weighted by atomic mass is 9.84. The van der Waals surface area contributed by atoms with E-state index < -0.39 is 11.9 Å². The lowest BCUT2D eigenvalue weighted by Gasteiger charge is -2.25. The Morgan fingerprint density at radius 3 is 2.42 bits per heavy atom. The molecule has 1 aromatic carbocycles. The minimum atomic E-state index is -0.873. The number of benzene rings is 1. The van der Waals surface area contributed by atoms with E-state index in [1.807, 2.05) is 30.3 Å². The van der Waals surface area contributed by atoms with E-state index in [0.717, 1.165) is 5.56 Å². The SMILES string of the molecule is CC(C)(CNC(=O)C1CC1C(=O)O)c1ccccc1. The predicted octanol–water partition coefficient (Wildman–Crippen LogP) is 1.80. The van der Waals surface area contributed by atoms with Crippen molar-refractivity contribution in [2.75, 3.05) is 6.54 Å². The molecule has 1 amide bonds. The fraction of sp³-hybridized carbons (Fsp3) is 0.467. The Hall–Kier alpha value is -1.84. The third kappa shape index (κ3) is 3.13. The van der Waals surface area contributed by atoms with E-state index in [0.29, 0.717) is 13.0 Å². The molecule has 0 radical (unpaired) electrons. The molecule has 2 atom stereocenters. The predicted molar refractivity (Wildman–Crippen MR) is 71.7 cm³/mol. The van der Waals surface area contributed by atoms with Gasteiger partial charge in [0, 0.05) is 12.0 Å². The standard InChI is InChI=1S/C15H19NO3/c1-15(2,10-6-4-3-5-7-10)9-16-13(17)11-8-12(11)14(18)19/h3-7,11-12H,8-9H2,1-2H3,(H,16,17)(H,18,19). The lowest BCUT2D eigenvalue weighted by molar-refractivity contribution is -0.140. The molecule has 1 aromatic rings. The number of hydrogen-bond acceptors (Lipinski definition) is 2. The van der Waals surface area contributed by atoms with Crippen LogP contribution in [0.2, 0.25) is 0 Å². The lowest BCUT2D eigenvalue weighted by Crippen LogP contribution is -2.37. The molecule has 19 heavy (non-hydrogen) atoms. The van der Waals surface area contributed by atoms with Crippen molar-refractivity contribution in [3.63, 3.8) is 0 Å². The molecule has 1 aliphatic carbocycles. The van der Waals surface area contributed by atoms with Crippen LogP contribution in [0.25, 0.3) is 0 Å². The summed E-state index contributed by atoms with van der Waals surface area (Å²) in [6.45, 7) is 4.63. The number of nitrogens with one attached hydrogen (secondary N) is 1. The van der Waals surface area contributed by atoms with Crippen LogP contribution in [0, 0.1) is 11.8 Å². The summed E-state index contributed by atoms with van der Waals surface area (Å²) in [5.74, 6) is -1.84. The minimum Gasteiger partial charge on any atom is -0.481 e.